The lowest BCUT2D eigenvalue weighted by Crippen LogP contribution is -2.10. The molecule has 35 heavy (non-hydrogen) atoms. The van der Waals surface area contributed by atoms with E-state index in [1.807, 2.05) is 43.3 Å². The van der Waals surface area contributed by atoms with E-state index >= 15 is 0 Å². The quantitative estimate of drug-likeness (QED) is 0.313. The van der Waals surface area contributed by atoms with Gasteiger partial charge in [-0.25, -0.2) is 0 Å². The van der Waals surface area contributed by atoms with Crippen molar-refractivity contribution in [1.29, 1.82) is 0 Å². The lowest BCUT2D eigenvalue weighted by molar-refractivity contribution is -0.132. The summed E-state index contributed by atoms with van der Waals surface area (Å²) in [6, 6.07) is 21.7. The highest BCUT2D eigenvalue weighted by Crippen LogP contribution is 2.41. The van der Waals surface area contributed by atoms with Gasteiger partial charge >= 0.3 is 5.97 Å². The second kappa shape index (κ2) is 9.18. The van der Waals surface area contributed by atoms with Gasteiger partial charge in [0.2, 0.25) is 5.88 Å². The number of amides is 1. The second-order valence-electron chi connectivity index (χ2n) is 7.86. The third kappa shape index (κ3) is 4.49. The Morgan fingerprint density at radius 3 is 2.37 bits per heavy atom. The smallest absolute Gasteiger partial charge is 0.309 e. The topological polar surface area (TPSA) is 99.5 Å². The number of carbonyl (C=O) groups excluding carboxylic acids is 2. The molecule has 174 valence electrons. The average molecular weight is 467 g/mol. The lowest BCUT2D eigenvalue weighted by Gasteiger charge is -2.10. The Labute approximate surface area is 200 Å². The van der Waals surface area contributed by atoms with Crippen LogP contribution in [0, 0.1) is 6.92 Å². The van der Waals surface area contributed by atoms with E-state index in [4.69, 9.17) is 18.7 Å². The molecule has 0 bridgehead atoms. The van der Waals surface area contributed by atoms with E-state index < -0.39 is 5.97 Å². The SMILES string of the molecule is CC(=O)Oc1c(-c2ccc(NC(=O)c3ccco3)cc2)c(-c2ccco2)nn1-c1cccc(C)c1. The minimum absolute atomic E-state index is 0.214. The molecule has 0 radical (unpaired) electrons. The van der Waals surface area contributed by atoms with Crippen LogP contribution in [0.1, 0.15) is 23.0 Å². The summed E-state index contributed by atoms with van der Waals surface area (Å²) in [4.78, 5) is 24.4. The van der Waals surface area contributed by atoms with Gasteiger partial charge < -0.3 is 18.9 Å². The molecule has 0 aliphatic carbocycles. The van der Waals surface area contributed by atoms with Gasteiger partial charge in [-0.2, -0.15) is 9.78 Å². The minimum atomic E-state index is -0.478. The summed E-state index contributed by atoms with van der Waals surface area (Å²) in [7, 11) is 0. The van der Waals surface area contributed by atoms with Crippen LogP contribution in [0.3, 0.4) is 0 Å². The Morgan fingerprint density at radius 1 is 0.943 bits per heavy atom. The predicted molar refractivity (Wildman–Crippen MR) is 129 cm³/mol. The van der Waals surface area contributed by atoms with E-state index in [2.05, 4.69) is 5.32 Å². The van der Waals surface area contributed by atoms with E-state index in [-0.39, 0.29) is 17.5 Å². The number of ether oxygens (including phenoxy) is 1. The molecule has 8 nitrogen and oxygen atoms in total. The molecule has 0 spiro atoms. The van der Waals surface area contributed by atoms with E-state index in [1.165, 1.54) is 13.2 Å². The number of hydrogen-bond acceptors (Lipinski definition) is 6. The zero-order chi connectivity index (χ0) is 24.4. The lowest BCUT2D eigenvalue weighted by atomic mass is 10.0. The summed E-state index contributed by atoms with van der Waals surface area (Å²) >= 11 is 0. The van der Waals surface area contributed by atoms with Crippen LogP contribution in [-0.2, 0) is 4.79 Å². The highest BCUT2D eigenvalue weighted by molar-refractivity contribution is 6.02. The van der Waals surface area contributed by atoms with Gasteiger partial charge in [0.05, 0.1) is 23.8 Å². The molecule has 0 fully saturated rings. The maximum atomic E-state index is 12.3. The fraction of sp³-hybridized carbons (Fsp3) is 0.0741. The van der Waals surface area contributed by atoms with Crippen molar-refractivity contribution in [2.45, 2.75) is 13.8 Å². The highest BCUT2D eigenvalue weighted by Gasteiger charge is 2.26. The Hall–Kier alpha value is -4.85. The van der Waals surface area contributed by atoms with E-state index in [0.29, 0.717) is 22.7 Å². The number of rotatable bonds is 6. The van der Waals surface area contributed by atoms with Gasteiger partial charge in [-0.1, -0.05) is 24.3 Å². The summed E-state index contributed by atoms with van der Waals surface area (Å²) < 4.78 is 18.1. The Morgan fingerprint density at radius 2 is 1.71 bits per heavy atom. The number of aryl methyl sites for hydroxylation is 1. The first-order chi connectivity index (χ1) is 17.0. The maximum absolute atomic E-state index is 12.3. The third-order valence-electron chi connectivity index (χ3n) is 5.26. The number of nitrogens with zero attached hydrogens (tertiary/aromatic N) is 2. The van der Waals surface area contributed by atoms with Gasteiger partial charge in [-0.3, -0.25) is 9.59 Å². The Bertz CT molecular complexity index is 1480. The number of aromatic nitrogens is 2. The van der Waals surface area contributed by atoms with Gasteiger partial charge in [0.15, 0.2) is 11.5 Å². The molecule has 5 rings (SSSR count). The number of esters is 1. The standard InChI is InChI=1S/C27H21N3O5/c1-17-6-3-7-21(16-17)30-27(35-18(2)31)24(25(29-30)22-8-4-14-33-22)19-10-12-20(13-11-19)28-26(32)23-9-5-15-34-23/h3-16H,1-2H3,(H,28,32). The number of hydrogen-bond donors (Lipinski definition) is 1. The van der Waals surface area contributed by atoms with Gasteiger partial charge in [-0.05, 0) is 66.6 Å². The first-order valence-electron chi connectivity index (χ1n) is 10.9. The molecule has 8 heteroatoms. The van der Waals surface area contributed by atoms with Crippen LogP contribution in [0.25, 0.3) is 28.3 Å². The summed E-state index contributed by atoms with van der Waals surface area (Å²) in [6.45, 7) is 3.32. The van der Waals surface area contributed by atoms with E-state index in [0.717, 1.165) is 16.8 Å². The molecule has 0 saturated carbocycles. The fourth-order valence-corrected chi connectivity index (χ4v) is 3.73. The summed E-state index contributed by atoms with van der Waals surface area (Å²) in [5.41, 5.74) is 4.17. The molecule has 0 atom stereocenters. The normalized spacial score (nSPS) is 10.8. The monoisotopic (exact) mass is 467 g/mol. The molecule has 3 heterocycles. The maximum Gasteiger partial charge on any atom is 0.309 e. The molecular weight excluding hydrogens is 446 g/mol. The molecule has 0 saturated heterocycles. The number of carbonyl (C=O) groups is 2. The molecule has 3 aromatic heterocycles. The zero-order valence-electron chi connectivity index (χ0n) is 19.0. The minimum Gasteiger partial charge on any atom is -0.463 e. The summed E-state index contributed by atoms with van der Waals surface area (Å²) in [5, 5.41) is 7.55. The second-order valence-corrected chi connectivity index (χ2v) is 7.86. The number of furan rings is 2. The number of nitrogens with one attached hydrogen (secondary N) is 1. The Kier molecular flexibility index (Phi) is 5.76. The predicted octanol–water partition coefficient (Wildman–Crippen LogP) is 5.88. The molecule has 0 unspecified atom stereocenters. The number of anilines is 1. The van der Waals surface area contributed by atoms with Crippen LogP contribution in [0.15, 0.2) is 94.2 Å². The molecular formula is C27H21N3O5. The molecule has 0 aliphatic heterocycles. The van der Waals surface area contributed by atoms with Gasteiger partial charge in [-0.15, -0.1) is 0 Å². The van der Waals surface area contributed by atoms with Crippen molar-refractivity contribution >= 4 is 17.6 Å². The van der Waals surface area contributed by atoms with Crippen LogP contribution >= 0.6 is 0 Å². The van der Waals surface area contributed by atoms with Crippen LogP contribution in [0.5, 0.6) is 5.88 Å². The average Bonchev–Trinajstić information content (AvgIpc) is 3.60. The van der Waals surface area contributed by atoms with Crippen molar-refractivity contribution in [3.63, 3.8) is 0 Å². The van der Waals surface area contributed by atoms with Crippen molar-refractivity contribution in [2.75, 3.05) is 5.32 Å². The van der Waals surface area contributed by atoms with Crippen LogP contribution in [0.2, 0.25) is 0 Å². The van der Waals surface area contributed by atoms with Crippen molar-refractivity contribution < 1.29 is 23.2 Å². The first kappa shape index (κ1) is 22.0. The van der Waals surface area contributed by atoms with Gasteiger partial charge in [0, 0.05) is 12.6 Å². The highest BCUT2D eigenvalue weighted by atomic mass is 16.5. The van der Waals surface area contributed by atoms with Crippen molar-refractivity contribution in [3.8, 4) is 34.1 Å². The Balaban J connectivity index is 1.61. The molecule has 0 aliphatic rings. The summed E-state index contributed by atoms with van der Waals surface area (Å²) in [6.07, 6.45) is 3.00. The van der Waals surface area contributed by atoms with Crippen molar-refractivity contribution in [3.05, 3.63) is 96.6 Å². The first-order valence-corrected chi connectivity index (χ1v) is 10.9. The molecule has 1 N–H and O–H groups in total. The van der Waals surface area contributed by atoms with Crippen molar-refractivity contribution in [2.24, 2.45) is 0 Å². The van der Waals surface area contributed by atoms with Crippen LogP contribution < -0.4 is 10.1 Å². The largest absolute Gasteiger partial charge is 0.463 e. The van der Waals surface area contributed by atoms with E-state index in [9.17, 15) is 9.59 Å². The number of benzene rings is 2. The third-order valence-corrected chi connectivity index (χ3v) is 5.26. The fourth-order valence-electron chi connectivity index (χ4n) is 3.73. The van der Waals surface area contributed by atoms with Crippen LogP contribution in [0.4, 0.5) is 5.69 Å². The summed E-state index contributed by atoms with van der Waals surface area (Å²) in [5.74, 6) is 0.169. The molecule has 5 aromatic rings. The zero-order valence-corrected chi connectivity index (χ0v) is 19.0. The van der Waals surface area contributed by atoms with Crippen molar-refractivity contribution in [1.82, 2.24) is 9.78 Å². The van der Waals surface area contributed by atoms with Gasteiger partial charge in [0.25, 0.3) is 5.91 Å². The van der Waals surface area contributed by atoms with Gasteiger partial charge in [0.1, 0.15) is 5.69 Å². The molecule has 2 aromatic carbocycles. The van der Waals surface area contributed by atoms with E-state index in [1.54, 1.807) is 47.3 Å². The van der Waals surface area contributed by atoms with Crippen LogP contribution in [-0.4, -0.2) is 21.7 Å². The molecule has 1 amide bonds.